The molecule has 0 atom stereocenters. The van der Waals surface area contributed by atoms with Crippen LogP contribution < -0.4 is 10.2 Å². The Labute approximate surface area is 200 Å². The molecule has 1 fully saturated rings. The first-order chi connectivity index (χ1) is 16.5. The maximum atomic E-state index is 4.80. The quantitative estimate of drug-likeness (QED) is 0.441. The third-order valence-corrected chi connectivity index (χ3v) is 6.46. The zero-order valence-electron chi connectivity index (χ0n) is 20.1. The summed E-state index contributed by atoms with van der Waals surface area (Å²) in [4.78, 5) is 26.4. The standard InChI is InChI=1S/C26H32N8/c1-18(2)33(3)26-15-23(29-17-30-26)20-4-5-22-24(13-20)32-25(31-22)14-21-12-19(6-7-28-21)16-34-10-8-27-9-11-34/h4-7,12-13,15,17-18,27H,8-11,14,16H2,1-3H3,(H,31,32). The van der Waals surface area contributed by atoms with Crippen LogP contribution >= 0.6 is 0 Å². The van der Waals surface area contributed by atoms with Crippen LogP contribution in [0.25, 0.3) is 22.3 Å². The van der Waals surface area contributed by atoms with Gasteiger partial charge < -0.3 is 15.2 Å². The summed E-state index contributed by atoms with van der Waals surface area (Å²) in [6, 6.07) is 12.9. The van der Waals surface area contributed by atoms with Crippen LogP contribution in [0.1, 0.15) is 30.9 Å². The van der Waals surface area contributed by atoms with E-state index in [0.29, 0.717) is 12.5 Å². The Morgan fingerprint density at radius 2 is 1.88 bits per heavy atom. The van der Waals surface area contributed by atoms with Crippen LogP contribution in [0.5, 0.6) is 0 Å². The van der Waals surface area contributed by atoms with Gasteiger partial charge in [0.1, 0.15) is 18.0 Å². The van der Waals surface area contributed by atoms with Crippen LogP contribution in [0, 0.1) is 0 Å². The van der Waals surface area contributed by atoms with E-state index in [2.05, 4.69) is 73.2 Å². The molecule has 1 aromatic carbocycles. The molecule has 8 nitrogen and oxygen atoms in total. The van der Waals surface area contributed by atoms with Crippen LogP contribution in [0.4, 0.5) is 5.82 Å². The van der Waals surface area contributed by atoms with Crippen molar-refractivity contribution in [3.05, 3.63) is 66.0 Å². The molecule has 2 N–H and O–H groups in total. The number of aromatic amines is 1. The summed E-state index contributed by atoms with van der Waals surface area (Å²) >= 11 is 0. The summed E-state index contributed by atoms with van der Waals surface area (Å²) in [5.41, 5.74) is 6.23. The lowest BCUT2D eigenvalue weighted by atomic mass is 10.1. The number of imidazole rings is 1. The second-order valence-electron chi connectivity index (χ2n) is 9.24. The molecule has 4 aromatic rings. The second kappa shape index (κ2) is 9.87. The molecule has 3 aromatic heterocycles. The fourth-order valence-electron chi connectivity index (χ4n) is 4.29. The first-order valence-electron chi connectivity index (χ1n) is 12.0. The molecule has 5 rings (SSSR count). The van der Waals surface area contributed by atoms with Gasteiger partial charge in [-0.25, -0.2) is 15.0 Å². The molecule has 34 heavy (non-hydrogen) atoms. The van der Waals surface area contributed by atoms with Gasteiger partial charge in [-0.3, -0.25) is 9.88 Å². The molecule has 176 valence electrons. The van der Waals surface area contributed by atoms with E-state index in [4.69, 9.17) is 4.98 Å². The van der Waals surface area contributed by atoms with Gasteiger partial charge in [0.05, 0.1) is 16.7 Å². The predicted octanol–water partition coefficient (Wildman–Crippen LogP) is 3.26. The molecule has 1 aliphatic heterocycles. The number of nitrogens with zero attached hydrogens (tertiary/aromatic N) is 6. The third-order valence-electron chi connectivity index (χ3n) is 6.46. The van der Waals surface area contributed by atoms with Crippen molar-refractivity contribution >= 4 is 16.9 Å². The minimum atomic E-state index is 0.365. The SMILES string of the molecule is CC(C)N(C)c1cc(-c2ccc3nc(Cc4cc(CN5CCNCC5)ccn4)[nH]c3c2)ncn1. The number of pyridine rings is 1. The van der Waals surface area contributed by atoms with Crippen molar-refractivity contribution in [3.8, 4) is 11.3 Å². The zero-order chi connectivity index (χ0) is 23.5. The first kappa shape index (κ1) is 22.4. The van der Waals surface area contributed by atoms with Gasteiger partial charge in [0.25, 0.3) is 0 Å². The average molecular weight is 457 g/mol. The van der Waals surface area contributed by atoms with Gasteiger partial charge in [0.15, 0.2) is 0 Å². The molecule has 0 aliphatic carbocycles. The van der Waals surface area contributed by atoms with E-state index in [1.807, 2.05) is 25.4 Å². The summed E-state index contributed by atoms with van der Waals surface area (Å²) in [6.45, 7) is 9.56. The summed E-state index contributed by atoms with van der Waals surface area (Å²) in [7, 11) is 2.05. The minimum Gasteiger partial charge on any atom is -0.357 e. The van der Waals surface area contributed by atoms with E-state index in [1.54, 1.807) is 6.33 Å². The van der Waals surface area contributed by atoms with Crippen molar-refractivity contribution in [2.24, 2.45) is 0 Å². The van der Waals surface area contributed by atoms with E-state index < -0.39 is 0 Å². The number of fused-ring (bicyclic) bond motifs is 1. The van der Waals surface area contributed by atoms with Crippen molar-refractivity contribution in [2.45, 2.75) is 32.9 Å². The van der Waals surface area contributed by atoms with Gasteiger partial charge in [-0.2, -0.15) is 0 Å². The molecular formula is C26H32N8. The second-order valence-corrected chi connectivity index (χ2v) is 9.24. The Morgan fingerprint density at radius 1 is 1.03 bits per heavy atom. The highest BCUT2D eigenvalue weighted by Gasteiger charge is 2.13. The zero-order valence-corrected chi connectivity index (χ0v) is 20.1. The van der Waals surface area contributed by atoms with E-state index in [-0.39, 0.29) is 0 Å². The highest BCUT2D eigenvalue weighted by molar-refractivity contribution is 5.81. The first-order valence-corrected chi connectivity index (χ1v) is 12.0. The van der Waals surface area contributed by atoms with Gasteiger partial charge >= 0.3 is 0 Å². The monoisotopic (exact) mass is 456 g/mol. The average Bonchev–Trinajstić information content (AvgIpc) is 3.26. The van der Waals surface area contributed by atoms with Crippen LogP contribution in [0.3, 0.4) is 0 Å². The van der Waals surface area contributed by atoms with Crippen molar-refractivity contribution in [1.82, 2.24) is 35.1 Å². The van der Waals surface area contributed by atoms with Crippen LogP contribution in [-0.4, -0.2) is 69.1 Å². The Morgan fingerprint density at radius 3 is 2.71 bits per heavy atom. The van der Waals surface area contributed by atoms with Crippen LogP contribution in [0.15, 0.2) is 48.9 Å². The van der Waals surface area contributed by atoms with E-state index in [1.165, 1.54) is 5.56 Å². The highest BCUT2D eigenvalue weighted by Crippen LogP contribution is 2.25. The normalized spacial score (nSPS) is 14.7. The molecule has 0 radical (unpaired) electrons. The largest absolute Gasteiger partial charge is 0.357 e. The number of hydrogen-bond donors (Lipinski definition) is 2. The molecule has 1 aliphatic rings. The Hall–Kier alpha value is -3.36. The number of aromatic nitrogens is 5. The summed E-state index contributed by atoms with van der Waals surface area (Å²) in [5, 5.41) is 3.41. The smallest absolute Gasteiger partial charge is 0.132 e. The number of anilines is 1. The maximum Gasteiger partial charge on any atom is 0.132 e. The number of nitrogens with one attached hydrogen (secondary N) is 2. The number of benzene rings is 1. The molecule has 0 amide bonds. The maximum absolute atomic E-state index is 4.80. The molecule has 0 spiro atoms. The lowest BCUT2D eigenvalue weighted by Crippen LogP contribution is -2.42. The minimum absolute atomic E-state index is 0.365. The number of hydrogen-bond acceptors (Lipinski definition) is 7. The lowest BCUT2D eigenvalue weighted by molar-refractivity contribution is 0.233. The van der Waals surface area contributed by atoms with Gasteiger partial charge in [-0.15, -0.1) is 0 Å². The summed E-state index contributed by atoms with van der Waals surface area (Å²) in [6.07, 6.45) is 4.22. The van der Waals surface area contributed by atoms with Crippen LogP contribution in [-0.2, 0) is 13.0 Å². The summed E-state index contributed by atoms with van der Waals surface area (Å²) < 4.78 is 0. The van der Waals surface area contributed by atoms with Crippen molar-refractivity contribution in [1.29, 1.82) is 0 Å². The van der Waals surface area contributed by atoms with Gasteiger partial charge in [0.2, 0.25) is 0 Å². The Balaban J connectivity index is 1.34. The topological polar surface area (TPSA) is 85.9 Å². The van der Waals surface area contributed by atoms with Gasteiger partial charge in [-0.05, 0) is 43.7 Å². The number of rotatable bonds is 7. The summed E-state index contributed by atoms with van der Waals surface area (Å²) in [5.74, 6) is 1.83. The highest BCUT2D eigenvalue weighted by atomic mass is 15.2. The van der Waals surface area contributed by atoms with E-state index >= 15 is 0 Å². The molecule has 8 heteroatoms. The molecule has 0 unspecified atom stereocenters. The van der Waals surface area contributed by atoms with Gasteiger partial charge in [-0.1, -0.05) is 6.07 Å². The predicted molar refractivity (Wildman–Crippen MR) is 136 cm³/mol. The molecule has 0 bridgehead atoms. The molecule has 4 heterocycles. The fourth-order valence-corrected chi connectivity index (χ4v) is 4.29. The van der Waals surface area contributed by atoms with Crippen molar-refractivity contribution < 1.29 is 0 Å². The van der Waals surface area contributed by atoms with Crippen molar-refractivity contribution in [2.75, 3.05) is 38.1 Å². The number of H-pyrrole nitrogens is 1. The molecule has 1 saturated heterocycles. The fraction of sp³-hybridized carbons (Fsp3) is 0.385. The molecular weight excluding hydrogens is 424 g/mol. The van der Waals surface area contributed by atoms with E-state index in [0.717, 1.165) is 72.4 Å². The third kappa shape index (κ3) is 5.08. The molecule has 0 saturated carbocycles. The van der Waals surface area contributed by atoms with Crippen molar-refractivity contribution in [3.63, 3.8) is 0 Å². The Kier molecular flexibility index (Phi) is 6.51. The Bertz CT molecular complexity index is 1260. The van der Waals surface area contributed by atoms with Gasteiger partial charge in [0, 0.05) is 75.8 Å². The lowest BCUT2D eigenvalue weighted by Gasteiger charge is -2.27. The number of piperazine rings is 1. The van der Waals surface area contributed by atoms with E-state index in [9.17, 15) is 0 Å². The van der Waals surface area contributed by atoms with Crippen LogP contribution in [0.2, 0.25) is 0 Å².